The number of hydrogen-bond acceptors (Lipinski definition) is 2. The van der Waals surface area contributed by atoms with E-state index in [0.717, 1.165) is 16.5 Å². The van der Waals surface area contributed by atoms with Crippen molar-refractivity contribution in [2.24, 2.45) is 0 Å². The van der Waals surface area contributed by atoms with Crippen LogP contribution in [0.25, 0.3) is 0 Å². The molecule has 0 heterocycles. The molecule has 1 atom stereocenters. The minimum absolute atomic E-state index is 0.208. The number of carbonyl (C=O) groups excluding carboxylic acids is 1. The van der Waals surface area contributed by atoms with E-state index in [-0.39, 0.29) is 5.92 Å². The first-order valence-electron chi connectivity index (χ1n) is 4.67. The predicted octanol–water partition coefficient (Wildman–Crippen LogP) is 2.99. The molecule has 1 aromatic carbocycles. The highest BCUT2D eigenvalue weighted by atomic mass is 79.9. The van der Waals surface area contributed by atoms with E-state index < -0.39 is 0 Å². The first-order valence-corrected chi connectivity index (χ1v) is 5.46. The van der Waals surface area contributed by atoms with Gasteiger partial charge in [0, 0.05) is 17.3 Å². The third-order valence-corrected chi connectivity index (χ3v) is 3.17. The quantitative estimate of drug-likeness (QED) is 0.837. The van der Waals surface area contributed by atoms with Gasteiger partial charge in [0.15, 0.2) is 0 Å². The number of halogens is 1. The average Bonchev–Trinajstić information content (AvgIpc) is 2.56. The Hall–Kier alpha value is -0.830. The Morgan fingerprint density at radius 3 is 2.86 bits per heavy atom. The van der Waals surface area contributed by atoms with Crippen LogP contribution in [0.15, 0.2) is 22.7 Å². The van der Waals surface area contributed by atoms with Crippen LogP contribution in [-0.2, 0) is 4.79 Å². The van der Waals surface area contributed by atoms with E-state index in [1.54, 1.807) is 12.1 Å². The minimum Gasteiger partial charge on any atom is -0.508 e. The summed E-state index contributed by atoms with van der Waals surface area (Å²) >= 11 is 3.36. The number of phenols is 1. The van der Waals surface area contributed by atoms with Gasteiger partial charge in [-0.2, -0.15) is 0 Å². The number of benzene rings is 1. The first kappa shape index (κ1) is 9.71. The van der Waals surface area contributed by atoms with Crippen molar-refractivity contribution in [1.82, 2.24) is 0 Å². The molecule has 0 saturated heterocycles. The molecule has 14 heavy (non-hydrogen) atoms. The molecule has 3 heteroatoms. The zero-order valence-corrected chi connectivity index (χ0v) is 9.25. The molecule has 2 nitrogen and oxygen atoms in total. The van der Waals surface area contributed by atoms with Crippen LogP contribution in [-0.4, -0.2) is 10.9 Å². The van der Waals surface area contributed by atoms with Gasteiger partial charge in [0.25, 0.3) is 0 Å². The maximum atomic E-state index is 11.1. The van der Waals surface area contributed by atoms with Gasteiger partial charge in [0.2, 0.25) is 0 Å². The number of hydrogen-bond donors (Lipinski definition) is 1. The van der Waals surface area contributed by atoms with Crippen molar-refractivity contribution in [2.75, 3.05) is 0 Å². The van der Waals surface area contributed by atoms with Gasteiger partial charge < -0.3 is 5.11 Å². The van der Waals surface area contributed by atoms with E-state index >= 15 is 0 Å². The molecule has 0 bridgehead atoms. The van der Waals surface area contributed by atoms with Crippen molar-refractivity contribution in [3.8, 4) is 5.75 Å². The summed E-state index contributed by atoms with van der Waals surface area (Å²) in [7, 11) is 0. The van der Waals surface area contributed by atoms with E-state index in [1.165, 1.54) is 0 Å². The van der Waals surface area contributed by atoms with E-state index in [2.05, 4.69) is 15.9 Å². The molecule has 1 N–H and O–H groups in total. The van der Waals surface area contributed by atoms with Crippen molar-refractivity contribution >= 4 is 21.7 Å². The molecule has 1 aromatic rings. The molecule has 0 aromatic heterocycles. The summed E-state index contributed by atoms with van der Waals surface area (Å²) in [5.41, 5.74) is 0.894. The van der Waals surface area contributed by atoms with Crippen LogP contribution in [0.2, 0.25) is 0 Å². The third kappa shape index (κ3) is 1.82. The molecule has 1 fully saturated rings. The van der Waals surface area contributed by atoms with Gasteiger partial charge in [-0.1, -0.05) is 15.9 Å². The van der Waals surface area contributed by atoms with Crippen LogP contribution < -0.4 is 0 Å². The normalized spacial score (nSPS) is 21.5. The molecular weight excluding hydrogens is 244 g/mol. The summed E-state index contributed by atoms with van der Waals surface area (Å²) in [4.78, 5) is 11.1. The molecule has 0 amide bonds. The van der Waals surface area contributed by atoms with Gasteiger partial charge in [-0.25, -0.2) is 0 Å². The van der Waals surface area contributed by atoms with E-state index in [0.29, 0.717) is 24.4 Å². The Morgan fingerprint density at radius 1 is 1.43 bits per heavy atom. The third-order valence-electron chi connectivity index (χ3n) is 2.68. The van der Waals surface area contributed by atoms with Gasteiger partial charge in [-0.05, 0) is 36.1 Å². The fraction of sp³-hybridized carbons (Fsp3) is 0.364. The van der Waals surface area contributed by atoms with Crippen LogP contribution in [0.3, 0.4) is 0 Å². The maximum Gasteiger partial charge on any atom is 0.133 e. The Kier molecular flexibility index (Phi) is 2.59. The lowest BCUT2D eigenvalue weighted by atomic mass is 9.97. The molecule has 0 radical (unpaired) electrons. The number of phenolic OH excluding ortho intramolecular Hbond substituents is 1. The van der Waals surface area contributed by atoms with Crippen molar-refractivity contribution < 1.29 is 9.90 Å². The monoisotopic (exact) mass is 254 g/mol. The standard InChI is InChI=1S/C11H11BrO2/c12-8-2-4-11(14)10(6-8)7-1-3-9(13)5-7/h2,4,6-7,14H,1,3,5H2. The van der Waals surface area contributed by atoms with Crippen LogP contribution in [0.1, 0.15) is 30.7 Å². The highest BCUT2D eigenvalue weighted by Gasteiger charge is 2.25. The lowest BCUT2D eigenvalue weighted by Crippen LogP contribution is -1.94. The predicted molar refractivity (Wildman–Crippen MR) is 57.4 cm³/mol. The van der Waals surface area contributed by atoms with Crippen molar-refractivity contribution in [3.05, 3.63) is 28.2 Å². The van der Waals surface area contributed by atoms with Crippen molar-refractivity contribution in [3.63, 3.8) is 0 Å². The second-order valence-corrected chi connectivity index (χ2v) is 4.60. The summed E-state index contributed by atoms with van der Waals surface area (Å²) in [5.74, 6) is 0.808. The minimum atomic E-state index is 0.208. The van der Waals surface area contributed by atoms with Crippen LogP contribution in [0.4, 0.5) is 0 Å². The molecule has 1 aliphatic carbocycles. The summed E-state index contributed by atoms with van der Waals surface area (Å²) in [6.45, 7) is 0. The summed E-state index contributed by atoms with van der Waals surface area (Å²) in [6, 6.07) is 5.37. The van der Waals surface area contributed by atoms with Gasteiger partial charge in [0.1, 0.15) is 11.5 Å². The summed E-state index contributed by atoms with van der Waals surface area (Å²) < 4.78 is 0.949. The molecule has 1 saturated carbocycles. The van der Waals surface area contributed by atoms with Crippen LogP contribution in [0.5, 0.6) is 5.75 Å². The maximum absolute atomic E-state index is 11.1. The Bertz CT molecular complexity index is 374. The lowest BCUT2D eigenvalue weighted by molar-refractivity contribution is -0.117. The molecule has 1 aliphatic rings. The highest BCUT2D eigenvalue weighted by molar-refractivity contribution is 9.10. The number of Topliss-reactive ketones (excluding diaryl/α,β-unsaturated/α-hetero) is 1. The molecule has 0 spiro atoms. The zero-order chi connectivity index (χ0) is 10.1. The number of aromatic hydroxyl groups is 1. The van der Waals surface area contributed by atoms with E-state index in [9.17, 15) is 9.90 Å². The average molecular weight is 255 g/mol. The van der Waals surface area contributed by atoms with Crippen LogP contribution >= 0.6 is 15.9 Å². The van der Waals surface area contributed by atoms with Gasteiger partial charge in [0.05, 0.1) is 0 Å². The molecule has 1 unspecified atom stereocenters. The second kappa shape index (κ2) is 3.73. The van der Waals surface area contributed by atoms with Crippen molar-refractivity contribution in [2.45, 2.75) is 25.2 Å². The molecule has 2 rings (SSSR count). The molecule has 74 valence electrons. The topological polar surface area (TPSA) is 37.3 Å². The van der Waals surface area contributed by atoms with Gasteiger partial charge in [-0.15, -0.1) is 0 Å². The smallest absolute Gasteiger partial charge is 0.133 e. The highest BCUT2D eigenvalue weighted by Crippen LogP contribution is 2.37. The van der Waals surface area contributed by atoms with Gasteiger partial charge >= 0.3 is 0 Å². The van der Waals surface area contributed by atoms with Crippen molar-refractivity contribution in [1.29, 1.82) is 0 Å². The van der Waals surface area contributed by atoms with E-state index in [4.69, 9.17) is 0 Å². The number of ketones is 1. The molecule has 0 aliphatic heterocycles. The Balaban J connectivity index is 2.31. The lowest BCUT2D eigenvalue weighted by Gasteiger charge is -2.10. The van der Waals surface area contributed by atoms with Gasteiger partial charge in [-0.3, -0.25) is 4.79 Å². The number of rotatable bonds is 1. The SMILES string of the molecule is O=C1CCC(c2cc(Br)ccc2O)C1. The zero-order valence-electron chi connectivity index (χ0n) is 7.66. The molecular formula is C11H11BrO2. The second-order valence-electron chi connectivity index (χ2n) is 3.68. The summed E-state index contributed by atoms with van der Waals surface area (Å²) in [5, 5.41) is 9.65. The Morgan fingerprint density at radius 2 is 2.21 bits per heavy atom. The Labute approximate surface area is 91.1 Å². The number of carbonyl (C=O) groups is 1. The largest absolute Gasteiger partial charge is 0.508 e. The fourth-order valence-corrected chi connectivity index (χ4v) is 2.31. The first-order chi connectivity index (χ1) is 6.66. The summed E-state index contributed by atoms with van der Waals surface area (Å²) in [6.07, 6.45) is 2.09. The van der Waals surface area contributed by atoms with E-state index in [1.807, 2.05) is 6.07 Å². The fourth-order valence-electron chi connectivity index (χ4n) is 1.93. The van der Waals surface area contributed by atoms with Crippen LogP contribution in [0, 0.1) is 0 Å².